The van der Waals surface area contributed by atoms with Crippen LogP contribution in [0.25, 0.3) is 22.9 Å². The van der Waals surface area contributed by atoms with Gasteiger partial charge in [-0.05, 0) is 61.7 Å². The molecule has 8 nitrogen and oxygen atoms in total. The molecule has 0 aliphatic carbocycles. The van der Waals surface area contributed by atoms with Gasteiger partial charge in [0.1, 0.15) is 23.6 Å². The Morgan fingerprint density at radius 1 is 1.08 bits per heavy atom. The van der Waals surface area contributed by atoms with Crippen molar-refractivity contribution in [2.45, 2.75) is 25.2 Å². The number of nitrogens with zero attached hydrogens (tertiary/aromatic N) is 6. The number of hydrogen-bond acceptors (Lipinski definition) is 6. The van der Waals surface area contributed by atoms with Crippen molar-refractivity contribution in [2.24, 2.45) is 0 Å². The van der Waals surface area contributed by atoms with Gasteiger partial charge in [-0.2, -0.15) is 19.9 Å². The van der Waals surface area contributed by atoms with Gasteiger partial charge in [-0.1, -0.05) is 6.07 Å². The Kier molecular flexibility index (Phi) is 5.98. The molecule has 0 amide bonds. The Bertz CT molecular complexity index is 1390. The Hall–Kier alpha value is -3.63. The molecule has 0 bridgehead atoms. The van der Waals surface area contributed by atoms with E-state index >= 15 is 0 Å². The van der Waals surface area contributed by atoms with Crippen LogP contribution in [0.3, 0.4) is 0 Å². The fourth-order valence-corrected chi connectivity index (χ4v) is 5.15. The predicted molar refractivity (Wildman–Crippen MR) is 129 cm³/mol. The van der Waals surface area contributed by atoms with Crippen molar-refractivity contribution < 1.29 is 18.6 Å². The molecule has 10 heteroatoms. The summed E-state index contributed by atoms with van der Waals surface area (Å²) in [6.45, 7) is 3.36. The molecule has 36 heavy (non-hydrogen) atoms. The van der Waals surface area contributed by atoms with Gasteiger partial charge in [0.2, 0.25) is 0 Å². The number of likely N-dealkylation sites (tertiary alicyclic amines) is 1. The number of benzene rings is 2. The van der Waals surface area contributed by atoms with E-state index in [1.165, 1.54) is 28.7 Å². The minimum atomic E-state index is -0.733. The summed E-state index contributed by atoms with van der Waals surface area (Å²) in [5, 5.41) is 18.2. The van der Waals surface area contributed by atoms with Crippen molar-refractivity contribution in [1.29, 1.82) is 0 Å². The summed E-state index contributed by atoms with van der Waals surface area (Å²) in [4.78, 5) is 6.60. The topological polar surface area (TPSA) is 81.2 Å². The maximum Gasteiger partial charge on any atom is 0.253 e. The lowest BCUT2D eigenvalue weighted by atomic mass is 9.88. The van der Waals surface area contributed by atoms with Crippen molar-refractivity contribution in [3.05, 3.63) is 71.7 Å². The van der Waals surface area contributed by atoms with Gasteiger partial charge in [-0.25, -0.2) is 13.5 Å². The molecule has 4 aromatic rings. The SMILES string of the molecule is OCCN1CCC(c2ccc3c(c2)-c2nn(-c4ncnn4-c4ccc(F)cc4F)cc2CCO3)CC1. The van der Waals surface area contributed by atoms with Gasteiger partial charge in [-0.15, -0.1) is 0 Å². The van der Waals surface area contributed by atoms with E-state index in [-0.39, 0.29) is 12.3 Å². The van der Waals surface area contributed by atoms with Crippen molar-refractivity contribution in [3.63, 3.8) is 0 Å². The largest absolute Gasteiger partial charge is 0.493 e. The summed E-state index contributed by atoms with van der Waals surface area (Å²) >= 11 is 0. The van der Waals surface area contributed by atoms with Crippen molar-refractivity contribution in [2.75, 3.05) is 32.8 Å². The molecule has 1 saturated heterocycles. The number of hydrogen-bond donors (Lipinski definition) is 1. The van der Waals surface area contributed by atoms with Gasteiger partial charge in [0, 0.05) is 36.4 Å². The quantitative estimate of drug-likeness (QED) is 0.459. The zero-order chi connectivity index (χ0) is 24.6. The highest BCUT2D eigenvalue weighted by atomic mass is 19.1. The number of halogens is 2. The summed E-state index contributed by atoms with van der Waals surface area (Å²) < 4.78 is 36.9. The Morgan fingerprint density at radius 3 is 2.75 bits per heavy atom. The van der Waals surface area contributed by atoms with Gasteiger partial charge in [0.25, 0.3) is 5.95 Å². The van der Waals surface area contributed by atoms with Gasteiger partial charge < -0.3 is 14.7 Å². The average molecular weight is 493 g/mol. The molecule has 6 rings (SSSR count). The fourth-order valence-electron chi connectivity index (χ4n) is 5.15. The van der Waals surface area contributed by atoms with Gasteiger partial charge in [0.05, 0.1) is 18.9 Å². The maximum absolute atomic E-state index is 14.5. The molecule has 2 aromatic heterocycles. The average Bonchev–Trinajstić information content (AvgIpc) is 3.49. The maximum atomic E-state index is 14.5. The highest BCUT2D eigenvalue weighted by Gasteiger charge is 2.25. The molecule has 0 saturated carbocycles. The number of rotatable bonds is 5. The summed E-state index contributed by atoms with van der Waals surface area (Å²) in [6, 6.07) is 9.68. The molecule has 1 N–H and O–H groups in total. The van der Waals surface area contributed by atoms with Crippen LogP contribution in [-0.2, 0) is 6.42 Å². The number of fused-ring (bicyclic) bond motifs is 3. The van der Waals surface area contributed by atoms with Crippen LogP contribution < -0.4 is 4.74 Å². The van der Waals surface area contributed by atoms with E-state index in [0.29, 0.717) is 24.9 Å². The van der Waals surface area contributed by atoms with Crippen LogP contribution in [0.15, 0.2) is 48.9 Å². The zero-order valence-corrected chi connectivity index (χ0v) is 19.6. The van der Waals surface area contributed by atoms with Gasteiger partial charge >= 0.3 is 0 Å². The van der Waals surface area contributed by atoms with Crippen LogP contribution in [0.1, 0.15) is 29.9 Å². The summed E-state index contributed by atoms with van der Waals surface area (Å²) in [5.74, 6) is 0.137. The van der Waals surface area contributed by atoms with Crippen LogP contribution >= 0.6 is 0 Å². The van der Waals surface area contributed by atoms with Crippen LogP contribution in [0, 0.1) is 11.6 Å². The summed E-state index contributed by atoms with van der Waals surface area (Å²) in [7, 11) is 0. The van der Waals surface area contributed by atoms with E-state index in [1.54, 1.807) is 4.68 Å². The molecule has 1 fully saturated rings. The first kappa shape index (κ1) is 22.8. The molecule has 186 valence electrons. The molecule has 0 unspecified atom stereocenters. The minimum Gasteiger partial charge on any atom is -0.493 e. The molecule has 0 spiro atoms. The standard InChI is InChI=1S/C26H26F2N6O2/c27-20-2-3-23(22(28)14-20)34-26(29-16-30-34)33-15-19-7-12-36-24-4-1-18(13-21(24)25(19)31-33)17-5-8-32(9-6-17)10-11-35/h1-4,13-17,35H,5-12H2. The first-order chi connectivity index (χ1) is 17.6. The predicted octanol–water partition coefficient (Wildman–Crippen LogP) is 3.50. The number of ether oxygens (including phenoxy) is 1. The summed E-state index contributed by atoms with van der Waals surface area (Å²) in [6.07, 6.45) is 5.93. The second-order valence-corrected chi connectivity index (χ2v) is 9.21. The van der Waals surface area contributed by atoms with Crippen molar-refractivity contribution in [3.8, 4) is 28.6 Å². The molecule has 2 aliphatic rings. The van der Waals surface area contributed by atoms with E-state index in [4.69, 9.17) is 9.84 Å². The Morgan fingerprint density at radius 2 is 1.94 bits per heavy atom. The van der Waals surface area contributed by atoms with Crippen LogP contribution in [-0.4, -0.2) is 67.4 Å². The summed E-state index contributed by atoms with van der Waals surface area (Å²) in [5.41, 5.74) is 4.07. The molecule has 0 radical (unpaired) electrons. The highest BCUT2D eigenvalue weighted by molar-refractivity contribution is 5.72. The molecular formula is C26H26F2N6O2. The molecule has 2 aromatic carbocycles. The lowest BCUT2D eigenvalue weighted by Crippen LogP contribution is -2.34. The van der Waals surface area contributed by atoms with E-state index < -0.39 is 11.6 Å². The number of aromatic nitrogens is 5. The number of piperidine rings is 1. The van der Waals surface area contributed by atoms with Crippen LogP contribution in [0.5, 0.6) is 5.75 Å². The third-order valence-electron chi connectivity index (χ3n) is 7.03. The third kappa shape index (κ3) is 4.16. The van der Waals surface area contributed by atoms with Crippen molar-refractivity contribution >= 4 is 0 Å². The lowest BCUT2D eigenvalue weighted by molar-refractivity contribution is 0.164. The number of aliphatic hydroxyl groups is 1. The Balaban J connectivity index is 1.35. The van der Waals surface area contributed by atoms with E-state index in [9.17, 15) is 13.9 Å². The molecule has 4 heterocycles. The highest BCUT2D eigenvalue weighted by Crippen LogP contribution is 2.39. The van der Waals surface area contributed by atoms with E-state index in [2.05, 4.69) is 27.1 Å². The van der Waals surface area contributed by atoms with Gasteiger partial charge in [0.15, 0.2) is 5.82 Å². The second kappa shape index (κ2) is 9.44. The molecule has 2 aliphatic heterocycles. The first-order valence-corrected chi connectivity index (χ1v) is 12.2. The van der Waals surface area contributed by atoms with E-state index in [1.807, 2.05) is 12.3 Å². The smallest absolute Gasteiger partial charge is 0.253 e. The lowest BCUT2D eigenvalue weighted by Gasteiger charge is -2.31. The number of aliphatic hydroxyl groups excluding tert-OH is 1. The minimum absolute atomic E-state index is 0.0909. The van der Waals surface area contributed by atoms with Crippen LogP contribution in [0.2, 0.25) is 0 Å². The monoisotopic (exact) mass is 492 g/mol. The second-order valence-electron chi connectivity index (χ2n) is 9.21. The Labute approximate surface area is 206 Å². The molecular weight excluding hydrogens is 466 g/mol. The van der Waals surface area contributed by atoms with E-state index in [0.717, 1.165) is 61.1 Å². The number of β-amino-alcohol motifs (C(OH)–C–C–N with tert-alkyl or cyclic N) is 1. The normalized spacial score (nSPS) is 16.3. The van der Waals surface area contributed by atoms with Crippen LogP contribution in [0.4, 0.5) is 8.78 Å². The molecule has 0 atom stereocenters. The van der Waals surface area contributed by atoms with Gasteiger partial charge in [-0.3, -0.25) is 0 Å². The fraction of sp³-hybridized carbons (Fsp3) is 0.346. The third-order valence-corrected chi connectivity index (χ3v) is 7.03. The zero-order valence-electron chi connectivity index (χ0n) is 19.6. The first-order valence-electron chi connectivity index (χ1n) is 12.2. The van der Waals surface area contributed by atoms with Crippen molar-refractivity contribution in [1.82, 2.24) is 29.4 Å².